The second-order valence-electron chi connectivity index (χ2n) is 4.49. The van der Waals surface area contributed by atoms with Gasteiger partial charge in [-0.15, -0.1) is 0 Å². The molecule has 19 heavy (non-hydrogen) atoms. The lowest BCUT2D eigenvalue weighted by Gasteiger charge is -2.20. The summed E-state index contributed by atoms with van der Waals surface area (Å²) in [4.78, 5) is 6.77. The van der Waals surface area contributed by atoms with Gasteiger partial charge in [0.2, 0.25) is 0 Å². The molecule has 0 unspecified atom stereocenters. The number of rotatable bonds is 11. The Bertz CT molecular complexity index is 306. The maximum absolute atomic E-state index is 5.30. The summed E-state index contributed by atoms with van der Waals surface area (Å²) < 4.78 is 5.30. The molecule has 0 fully saturated rings. The van der Waals surface area contributed by atoms with Crippen LogP contribution in [0.15, 0.2) is 24.4 Å². The monoisotopic (exact) mass is 265 g/mol. The van der Waals surface area contributed by atoms with Crippen molar-refractivity contribution < 1.29 is 4.74 Å². The summed E-state index contributed by atoms with van der Waals surface area (Å²) in [5.41, 5.74) is 1.14. The van der Waals surface area contributed by atoms with E-state index in [4.69, 9.17) is 4.74 Å². The summed E-state index contributed by atoms with van der Waals surface area (Å²) in [5, 5.41) is 3.45. The van der Waals surface area contributed by atoms with E-state index < -0.39 is 0 Å². The number of likely N-dealkylation sites (N-methyl/N-ethyl adjacent to an activating group) is 1. The number of ether oxygens (including phenoxy) is 1. The Labute approximate surface area is 117 Å². The second kappa shape index (κ2) is 10.9. The number of hydrogen-bond donors (Lipinski definition) is 1. The van der Waals surface area contributed by atoms with Crippen molar-refractivity contribution in [3.63, 3.8) is 0 Å². The molecule has 0 amide bonds. The maximum atomic E-state index is 5.30. The molecule has 1 aromatic rings. The van der Waals surface area contributed by atoms with E-state index in [2.05, 4.69) is 28.2 Å². The van der Waals surface area contributed by atoms with Crippen molar-refractivity contribution in [3.05, 3.63) is 30.1 Å². The molecule has 0 aliphatic heterocycles. The van der Waals surface area contributed by atoms with Gasteiger partial charge in [0.05, 0.1) is 5.69 Å². The fourth-order valence-electron chi connectivity index (χ4n) is 1.88. The molecule has 4 nitrogen and oxygen atoms in total. The molecule has 1 rings (SSSR count). The van der Waals surface area contributed by atoms with Gasteiger partial charge in [0.1, 0.15) is 0 Å². The molecular weight excluding hydrogens is 238 g/mol. The van der Waals surface area contributed by atoms with Crippen LogP contribution >= 0.6 is 0 Å². The van der Waals surface area contributed by atoms with Crippen molar-refractivity contribution in [2.45, 2.75) is 26.8 Å². The van der Waals surface area contributed by atoms with Crippen LogP contribution < -0.4 is 5.32 Å². The van der Waals surface area contributed by atoms with Crippen molar-refractivity contribution in [1.82, 2.24) is 15.2 Å². The predicted octanol–water partition coefficient (Wildman–Crippen LogP) is 1.92. The van der Waals surface area contributed by atoms with Crippen LogP contribution in [0.25, 0.3) is 0 Å². The Morgan fingerprint density at radius 1 is 1.26 bits per heavy atom. The highest BCUT2D eigenvalue weighted by Crippen LogP contribution is 1.99. The quantitative estimate of drug-likeness (QED) is 0.620. The van der Waals surface area contributed by atoms with Gasteiger partial charge in [-0.3, -0.25) is 9.88 Å². The zero-order valence-electron chi connectivity index (χ0n) is 12.3. The lowest BCUT2D eigenvalue weighted by Crippen LogP contribution is -2.32. The largest absolute Gasteiger partial charge is 0.382 e. The molecule has 0 saturated carbocycles. The Balaban J connectivity index is 2.09. The number of pyridine rings is 1. The van der Waals surface area contributed by atoms with Gasteiger partial charge < -0.3 is 10.1 Å². The number of aromatic nitrogens is 1. The van der Waals surface area contributed by atoms with Gasteiger partial charge in [-0.05, 0) is 38.6 Å². The molecule has 0 radical (unpaired) electrons. The van der Waals surface area contributed by atoms with Crippen molar-refractivity contribution >= 4 is 0 Å². The Kier molecular flexibility index (Phi) is 9.23. The summed E-state index contributed by atoms with van der Waals surface area (Å²) >= 11 is 0. The first-order valence-electron chi connectivity index (χ1n) is 7.27. The highest BCUT2D eigenvalue weighted by molar-refractivity contribution is 5.03. The van der Waals surface area contributed by atoms with Crippen LogP contribution in [-0.2, 0) is 11.3 Å². The first-order valence-corrected chi connectivity index (χ1v) is 7.27. The zero-order chi connectivity index (χ0) is 13.8. The average Bonchev–Trinajstić information content (AvgIpc) is 2.46. The van der Waals surface area contributed by atoms with Gasteiger partial charge in [-0.25, -0.2) is 0 Å². The summed E-state index contributed by atoms with van der Waals surface area (Å²) in [6, 6.07) is 6.08. The Morgan fingerprint density at radius 2 is 2.16 bits per heavy atom. The minimum Gasteiger partial charge on any atom is -0.382 e. The summed E-state index contributed by atoms with van der Waals surface area (Å²) in [6.07, 6.45) is 2.94. The number of nitrogens with one attached hydrogen (secondary N) is 1. The first kappa shape index (κ1) is 16.1. The fraction of sp³-hybridized carbons (Fsp3) is 0.667. The van der Waals surface area contributed by atoms with Crippen LogP contribution in [0.4, 0.5) is 0 Å². The molecule has 0 saturated heterocycles. The molecule has 4 heteroatoms. The number of hydrogen-bond acceptors (Lipinski definition) is 4. The summed E-state index contributed by atoms with van der Waals surface area (Å²) in [7, 11) is 0. The summed E-state index contributed by atoms with van der Waals surface area (Å²) in [6.45, 7) is 11.0. The van der Waals surface area contributed by atoms with E-state index >= 15 is 0 Å². The smallest absolute Gasteiger partial charge is 0.0543 e. The molecule has 0 aromatic carbocycles. The Morgan fingerprint density at radius 3 is 2.84 bits per heavy atom. The molecule has 108 valence electrons. The van der Waals surface area contributed by atoms with Gasteiger partial charge in [-0.1, -0.05) is 13.0 Å². The average molecular weight is 265 g/mol. The third kappa shape index (κ3) is 7.93. The van der Waals surface area contributed by atoms with Crippen molar-refractivity contribution in [2.24, 2.45) is 0 Å². The van der Waals surface area contributed by atoms with E-state index in [9.17, 15) is 0 Å². The van der Waals surface area contributed by atoms with Crippen molar-refractivity contribution in [2.75, 3.05) is 39.4 Å². The van der Waals surface area contributed by atoms with Crippen LogP contribution in [0.2, 0.25) is 0 Å². The minimum atomic E-state index is 0.813. The van der Waals surface area contributed by atoms with Crippen LogP contribution in [0.3, 0.4) is 0 Å². The maximum Gasteiger partial charge on any atom is 0.0543 e. The first-order chi connectivity index (χ1) is 9.36. The molecule has 1 aromatic heterocycles. The highest BCUT2D eigenvalue weighted by Gasteiger charge is 2.03. The molecule has 0 aliphatic carbocycles. The molecule has 0 aliphatic rings. The molecule has 1 heterocycles. The third-order valence-electron chi connectivity index (χ3n) is 3.01. The predicted molar refractivity (Wildman–Crippen MR) is 79.2 cm³/mol. The lowest BCUT2D eigenvalue weighted by atomic mass is 10.3. The van der Waals surface area contributed by atoms with Crippen molar-refractivity contribution in [3.8, 4) is 0 Å². The Hall–Kier alpha value is -0.970. The summed E-state index contributed by atoms with van der Waals surface area (Å²) in [5.74, 6) is 0. The van der Waals surface area contributed by atoms with Crippen molar-refractivity contribution in [1.29, 1.82) is 0 Å². The van der Waals surface area contributed by atoms with Crippen LogP contribution in [-0.4, -0.2) is 49.3 Å². The second-order valence-corrected chi connectivity index (χ2v) is 4.49. The van der Waals surface area contributed by atoms with Crippen LogP contribution in [0.5, 0.6) is 0 Å². The molecular formula is C15H27N3O. The SMILES string of the molecule is CCOCCCNCCN(CC)Cc1ccccn1. The van der Waals surface area contributed by atoms with E-state index in [-0.39, 0.29) is 0 Å². The minimum absolute atomic E-state index is 0.813. The van der Waals surface area contributed by atoms with Crippen LogP contribution in [0, 0.1) is 0 Å². The molecule has 0 atom stereocenters. The number of nitrogens with zero attached hydrogens (tertiary/aromatic N) is 2. The van der Waals surface area contributed by atoms with Crippen LogP contribution in [0.1, 0.15) is 26.0 Å². The molecule has 0 spiro atoms. The standard InChI is InChI=1S/C15H27N3O/c1-3-18(14-15-8-5-6-10-17-15)12-11-16-9-7-13-19-4-2/h5-6,8,10,16H,3-4,7,9,11-14H2,1-2H3. The van der Waals surface area contributed by atoms with Gasteiger partial charge in [0.25, 0.3) is 0 Å². The van der Waals surface area contributed by atoms with E-state index in [1.54, 1.807) is 0 Å². The van der Waals surface area contributed by atoms with E-state index in [0.29, 0.717) is 0 Å². The topological polar surface area (TPSA) is 37.4 Å². The normalized spacial score (nSPS) is 11.1. The third-order valence-corrected chi connectivity index (χ3v) is 3.01. The van der Waals surface area contributed by atoms with Gasteiger partial charge in [-0.2, -0.15) is 0 Å². The van der Waals surface area contributed by atoms with E-state index in [1.165, 1.54) is 0 Å². The van der Waals surface area contributed by atoms with Gasteiger partial charge in [0.15, 0.2) is 0 Å². The highest BCUT2D eigenvalue weighted by atomic mass is 16.5. The molecule has 1 N–H and O–H groups in total. The fourth-order valence-corrected chi connectivity index (χ4v) is 1.88. The lowest BCUT2D eigenvalue weighted by molar-refractivity contribution is 0.144. The van der Waals surface area contributed by atoms with Gasteiger partial charge in [0, 0.05) is 39.0 Å². The van der Waals surface area contributed by atoms with E-state index in [1.807, 2.05) is 25.3 Å². The van der Waals surface area contributed by atoms with E-state index in [0.717, 1.165) is 58.1 Å². The van der Waals surface area contributed by atoms with Gasteiger partial charge >= 0.3 is 0 Å². The molecule has 0 bridgehead atoms. The zero-order valence-corrected chi connectivity index (χ0v) is 12.3.